The maximum Gasteiger partial charge on any atom is 0.332 e. The van der Waals surface area contributed by atoms with Gasteiger partial charge in [-0.1, -0.05) is 115 Å². The summed E-state index contributed by atoms with van der Waals surface area (Å²) in [5.41, 5.74) is -3.75. The predicted octanol–water partition coefficient (Wildman–Crippen LogP) is 11.2. The van der Waals surface area contributed by atoms with Gasteiger partial charge in [-0.25, -0.2) is 4.79 Å². The monoisotopic (exact) mass is 1190 g/mol. The van der Waals surface area contributed by atoms with Crippen molar-refractivity contribution in [2.75, 3.05) is 37.7 Å². The Hall–Kier alpha value is -2.72. The number of aliphatic hydroxyl groups is 5. The van der Waals surface area contributed by atoms with E-state index in [4.69, 9.17) is 9.47 Å². The number of rotatable bonds is 13. The first-order chi connectivity index (χ1) is 39.2. The van der Waals surface area contributed by atoms with Gasteiger partial charge in [0.15, 0.2) is 0 Å². The van der Waals surface area contributed by atoms with E-state index in [9.17, 15) is 49.5 Å². The molecular weight excluding hydrogens is 1080 g/mol. The predicted molar refractivity (Wildman–Crippen MR) is 332 cm³/mol. The van der Waals surface area contributed by atoms with E-state index in [1.807, 2.05) is 32.9 Å². The molecule has 0 radical (unpaired) electrons. The van der Waals surface area contributed by atoms with Gasteiger partial charge in [0.05, 0.1) is 30.2 Å². The molecule has 476 valence electrons. The number of hydrogen-bond donors (Lipinski definition) is 5. The molecule has 0 heterocycles. The molecule has 0 aromatic carbocycles. The Labute approximate surface area is 510 Å². The zero-order valence-electron chi connectivity index (χ0n) is 54.3. The fourth-order valence-electron chi connectivity index (χ4n) is 20.6. The molecule has 6 bridgehead atoms. The smallest absolute Gasteiger partial charge is 0.332 e. The molecular formula is C70H113NO12S. The van der Waals surface area contributed by atoms with E-state index >= 15 is 0 Å². The second-order valence-electron chi connectivity index (χ2n) is 30.5. The molecule has 0 aliphatic heterocycles. The topological polar surface area (TPSA) is 208 Å². The Kier molecular flexibility index (Phi) is 20.7. The van der Waals surface area contributed by atoms with Crippen LogP contribution in [0.25, 0.3) is 0 Å². The van der Waals surface area contributed by atoms with Crippen LogP contribution in [0.3, 0.4) is 0 Å². The highest BCUT2D eigenvalue weighted by molar-refractivity contribution is 7.99. The van der Waals surface area contributed by atoms with Crippen molar-refractivity contribution >= 4 is 41.1 Å². The maximum absolute atomic E-state index is 13.4. The zero-order valence-corrected chi connectivity index (χ0v) is 55.1. The van der Waals surface area contributed by atoms with Crippen molar-refractivity contribution in [1.29, 1.82) is 0 Å². The highest BCUT2D eigenvalue weighted by Gasteiger charge is 2.71. The molecule has 5 N–H and O–H groups in total. The number of nitrogens with zero attached hydrogens (tertiary/aromatic N) is 1. The summed E-state index contributed by atoms with van der Waals surface area (Å²) in [6.07, 6.45) is 13.3. The van der Waals surface area contributed by atoms with Crippen molar-refractivity contribution in [2.24, 2.45) is 102 Å². The third-order valence-electron chi connectivity index (χ3n) is 27.3. The average molecular weight is 1190 g/mol. The lowest BCUT2D eigenvalue weighted by Crippen LogP contribution is -2.63. The van der Waals surface area contributed by atoms with Gasteiger partial charge in [-0.2, -0.15) is 0 Å². The van der Waals surface area contributed by atoms with Crippen LogP contribution in [0, 0.1) is 102 Å². The summed E-state index contributed by atoms with van der Waals surface area (Å²) in [6.45, 7) is 43.9. The van der Waals surface area contributed by atoms with Gasteiger partial charge in [0.1, 0.15) is 36.2 Å². The molecule has 9 fully saturated rings. The number of hydrogen-bond acceptors (Lipinski definition) is 14. The van der Waals surface area contributed by atoms with Crippen LogP contribution >= 0.6 is 11.8 Å². The number of ether oxygens (including phenoxy) is 2. The molecule has 84 heavy (non-hydrogen) atoms. The lowest BCUT2D eigenvalue weighted by atomic mass is 9.44. The minimum Gasteiger partial charge on any atom is -0.461 e. The normalized spacial score (nSPS) is 48.5. The Balaban J connectivity index is 0.000000184. The summed E-state index contributed by atoms with van der Waals surface area (Å²) in [7, 11) is 0. The number of carbonyl (C=O) groups is 5. The molecule has 9 saturated carbocycles. The molecule has 9 aliphatic carbocycles. The van der Waals surface area contributed by atoms with Crippen LogP contribution in [0.1, 0.15) is 193 Å². The van der Waals surface area contributed by atoms with Crippen molar-refractivity contribution in [2.45, 2.75) is 230 Å². The van der Waals surface area contributed by atoms with Crippen LogP contribution in [0.2, 0.25) is 0 Å². The van der Waals surface area contributed by atoms with Gasteiger partial charge in [-0.3, -0.25) is 19.2 Å². The SMILES string of the molecule is C=C[C@]1(C)C[C@@H](O)[C@@]2(C)C3C(=O)CCC3(CC[C@H]2C)[C@@H](C)[C@@H]1O.C=C[C@]1(C)C[C@@H](OC(=O)CO)[C@@]2(C)C3C(=O)CCC3(CC[C@H]2C)[C@@H](C)[C@@H]1O.C=C[C@]1(C)C[C@@H](OC(=O)CSCCN(CC)CC)[C@@]2(C)C3C(=O)CCC3(CC[C@H]2C)[C@@H](C)[C@@H]1O. The van der Waals surface area contributed by atoms with E-state index < -0.39 is 81.7 Å². The van der Waals surface area contributed by atoms with E-state index in [1.165, 1.54) is 0 Å². The van der Waals surface area contributed by atoms with Gasteiger partial charge in [0.2, 0.25) is 0 Å². The molecule has 0 saturated heterocycles. The molecule has 0 aromatic heterocycles. The number of aliphatic hydroxyl groups excluding tert-OH is 5. The molecule has 6 unspecified atom stereocenters. The minimum atomic E-state index is -0.686. The Morgan fingerprint density at radius 2 is 0.881 bits per heavy atom. The summed E-state index contributed by atoms with van der Waals surface area (Å²) < 4.78 is 12.1. The summed E-state index contributed by atoms with van der Waals surface area (Å²) in [5.74, 6) is 1.40. The van der Waals surface area contributed by atoms with Crippen LogP contribution < -0.4 is 0 Å². The number of esters is 2. The van der Waals surface area contributed by atoms with E-state index in [-0.39, 0.29) is 75.3 Å². The first kappa shape index (κ1) is 68.8. The largest absolute Gasteiger partial charge is 0.461 e. The highest BCUT2D eigenvalue weighted by Crippen LogP contribution is 2.71. The summed E-state index contributed by atoms with van der Waals surface area (Å²) in [4.78, 5) is 66.9. The molecule has 0 amide bonds. The van der Waals surface area contributed by atoms with Gasteiger partial charge < -0.3 is 39.9 Å². The van der Waals surface area contributed by atoms with Crippen molar-refractivity contribution in [3.05, 3.63) is 38.0 Å². The summed E-state index contributed by atoms with van der Waals surface area (Å²) in [5, 5.41) is 54.5. The van der Waals surface area contributed by atoms with Gasteiger partial charge >= 0.3 is 11.9 Å². The third-order valence-corrected chi connectivity index (χ3v) is 28.2. The molecule has 9 aliphatic rings. The summed E-state index contributed by atoms with van der Waals surface area (Å²) >= 11 is 1.61. The van der Waals surface area contributed by atoms with E-state index in [2.05, 4.69) is 101 Å². The van der Waals surface area contributed by atoms with E-state index in [0.29, 0.717) is 61.8 Å². The van der Waals surface area contributed by atoms with Crippen molar-refractivity contribution in [1.82, 2.24) is 4.90 Å². The highest BCUT2D eigenvalue weighted by atomic mass is 32.2. The second-order valence-corrected chi connectivity index (χ2v) is 31.6. The van der Waals surface area contributed by atoms with Gasteiger partial charge in [0, 0.05) is 81.8 Å². The standard InChI is InChI=1S/C28H47NO4S.C22H34O5.C20H32O3/c1-8-26(6)17-22(33-23(31)18-34-16-15-29(9-2)10-3)27(7)19(4)11-13-28(20(5)25(26)32)14-12-21(30)24(27)28;1-6-20(4)11-16(27-17(25)12-23)21(5)13(2)7-9-22(14(3)19(20)26)10-8-15(24)18(21)22;1-6-18(4)11-15(22)19(5)12(2)7-9-20(13(3)17(18)23)10-8-14(21)16(19)20/h8,19-20,22,24-25,32H,1,9-18H2,2-7H3;6,13-14,16,18-19,23,26H,1,7-12H2,2-5H3;6,12-13,15-17,22-23H,1,7-11H2,2-5H3/t19-,20+,22-,24?,25+,26-,27+,28?;13-,14+,16-,18?,19+,20-,21+,22?;12-,13+,15-,16?,17+,18-,19+,20?/m111/s1. The minimum absolute atomic E-state index is 0.00828. The Bertz CT molecular complexity index is 2470. The molecule has 0 aromatic rings. The Morgan fingerprint density at radius 1 is 0.548 bits per heavy atom. The molecule has 9 rings (SSSR count). The lowest BCUT2D eigenvalue weighted by Gasteiger charge is -2.61. The van der Waals surface area contributed by atoms with Gasteiger partial charge in [0.25, 0.3) is 0 Å². The van der Waals surface area contributed by atoms with Crippen LogP contribution in [-0.4, -0.2) is 134 Å². The van der Waals surface area contributed by atoms with E-state index in [1.54, 1.807) is 17.8 Å². The van der Waals surface area contributed by atoms with E-state index in [0.717, 1.165) is 83.2 Å². The first-order valence-electron chi connectivity index (χ1n) is 32.7. The van der Waals surface area contributed by atoms with Crippen molar-refractivity contribution in [3.8, 4) is 0 Å². The van der Waals surface area contributed by atoms with Crippen LogP contribution in [0.4, 0.5) is 0 Å². The number of thioether (sulfide) groups is 1. The fourth-order valence-corrected chi connectivity index (χ4v) is 21.4. The van der Waals surface area contributed by atoms with Crippen LogP contribution in [-0.2, 0) is 33.4 Å². The second kappa shape index (κ2) is 25.3. The lowest BCUT2D eigenvalue weighted by molar-refractivity contribution is -0.207. The zero-order chi connectivity index (χ0) is 62.7. The number of Topliss-reactive ketones (excluding diaryl/α,β-unsaturated/α-hetero) is 3. The van der Waals surface area contributed by atoms with Gasteiger partial charge in [-0.05, 0) is 142 Å². The fraction of sp³-hybridized carbons (Fsp3) is 0.843. The third kappa shape index (κ3) is 11.0. The number of carbonyl (C=O) groups excluding carboxylic acids is 5. The quantitative estimate of drug-likeness (QED) is 0.0661. The van der Waals surface area contributed by atoms with Crippen molar-refractivity contribution in [3.63, 3.8) is 0 Å². The maximum atomic E-state index is 13.4. The van der Waals surface area contributed by atoms with Gasteiger partial charge in [-0.15, -0.1) is 31.5 Å². The van der Waals surface area contributed by atoms with Crippen LogP contribution in [0.15, 0.2) is 38.0 Å². The molecule has 14 heteroatoms. The summed E-state index contributed by atoms with van der Waals surface area (Å²) in [6, 6.07) is 0. The average Bonchev–Trinajstić information content (AvgIpc) is 1.45. The molecule has 13 nitrogen and oxygen atoms in total. The molecule has 0 spiro atoms. The Morgan fingerprint density at radius 3 is 1.23 bits per heavy atom. The molecule has 24 atom stereocenters. The van der Waals surface area contributed by atoms with Crippen LogP contribution in [0.5, 0.6) is 0 Å². The van der Waals surface area contributed by atoms with Crippen molar-refractivity contribution < 1.29 is 59.0 Å². The first-order valence-corrected chi connectivity index (χ1v) is 33.9. The number of ketones is 3.